The first-order chi connectivity index (χ1) is 16.0. The minimum Gasteiger partial charge on any atom is -0.494 e. The van der Waals surface area contributed by atoms with Gasteiger partial charge >= 0.3 is 0 Å². The Kier molecular flexibility index (Phi) is 8.88. The van der Waals surface area contributed by atoms with E-state index in [2.05, 4.69) is 22.9 Å². The highest BCUT2D eigenvalue weighted by molar-refractivity contribution is 5.96. The van der Waals surface area contributed by atoms with Crippen molar-refractivity contribution in [1.29, 1.82) is 0 Å². The van der Waals surface area contributed by atoms with Crippen LogP contribution in [0, 0.1) is 0 Å². The summed E-state index contributed by atoms with van der Waals surface area (Å²) in [6.45, 7) is 4.91. The SMILES string of the molecule is CCCCOc1ccc(NCC(=O)Nc2ccc(C(=O)NC(C)c3ccccc3)cc2)cc1. The van der Waals surface area contributed by atoms with Gasteiger partial charge in [-0.1, -0.05) is 43.7 Å². The van der Waals surface area contributed by atoms with Gasteiger partial charge in [0, 0.05) is 16.9 Å². The molecule has 33 heavy (non-hydrogen) atoms. The minimum absolute atomic E-state index is 0.0962. The Morgan fingerprint density at radius 3 is 2.21 bits per heavy atom. The molecule has 6 nitrogen and oxygen atoms in total. The molecule has 1 atom stereocenters. The summed E-state index contributed by atoms with van der Waals surface area (Å²) in [7, 11) is 0. The highest BCUT2D eigenvalue weighted by atomic mass is 16.5. The normalized spacial score (nSPS) is 11.3. The minimum atomic E-state index is -0.173. The Morgan fingerprint density at radius 2 is 1.55 bits per heavy atom. The fourth-order valence-corrected chi connectivity index (χ4v) is 3.20. The average Bonchev–Trinajstić information content (AvgIpc) is 2.84. The van der Waals surface area contributed by atoms with Crippen LogP contribution in [0.15, 0.2) is 78.9 Å². The number of amides is 2. The van der Waals surface area contributed by atoms with E-state index in [1.165, 1.54) is 0 Å². The lowest BCUT2D eigenvalue weighted by Crippen LogP contribution is -2.26. The molecular weight excluding hydrogens is 414 g/mol. The number of carbonyl (C=O) groups is 2. The molecule has 3 aromatic rings. The second-order valence-corrected chi connectivity index (χ2v) is 7.81. The number of benzene rings is 3. The van der Waals surface area contributed by atoms with Gasteiger partial charge in [0.05, 0.1) is 19.2 Å². The van der Waals surface area contributed by atoms with Crippen LogP contribution in [0.2, 0.25) is 0 Å². The summed E-state index contributed by atoms with van der Waals surface area (Å²) < 4.78 is 5.64. The van der Waals surface area contributed by atoms with Crippen molar-refractivity contribution in [2.45, 2.75) is 32.7 Å². The van der Waals surface area contributed by atoms with E-state index in [-0.39, 0.29) is 24.4 Å². The molecule has 0 saturated carbocycles. The first kappa shape index (κ1) is 23.9. The van der Waals surface area contributed by atoms with Gasteiger partial charge in [-0.3, -0.25) is 9.59 Å². The molecule has 0 saturated heterocycles. The third-order valence-corrected chi connectivity index (χ3v) is 5.15. The molecule has 2 amide bonds. The van der Waals surface area contributed by atoms with Gasteiger partial charge in [-0.15, -0.1) is 0 Å². The van der Waals surface area contributed by atoms with Crippen LogP contribution in [-0.4, -0.2) is 25.0 Å². The lowest BCUT2D eigenvalue weighted by atomic mass is 10.1. The molecule has 0 radical (unpaired) electrons. The number of hydrogen-bond acceptors (Lipinski definition) is 4. The van der Waals surface area contributed by atoms with Gasteiger partial charge in [0.15, 0.2) is 0 Å². The fraction of sp³-hybridized carbons (Fsp3) is 0.259. The summed E-state index contributed by atoms with van der Waals surface area (Å²) in [5, 5.41) is 8.91. The molecule has 0 aromatic heterocycles. The summed E-state index contributed by atoms with van der Waals surface area (Å²) in [6.07, 6.45) is 2.12. The van der Waals surface area contributed by atoms with Gasteiger partial charge in [0.25, 0.3) is 5.91 Å². The van der Waals surface area contributed by atoms with Crippen LogP contribution in [-0.2, 0) is 4.79 Å². The fourth-order valence-electron chi connectivity index (χ4n) is 3.20. The third-order valence-electron chi connectivity index (χ3n) is 5.15. The summed E-state index contributed by atoms with van der Waals surface area (Å²) in [4.78, 5) is 24.8. The van der Waals surface area contributed by atoms with E-state index in [1.54, 1.807) is 24.3 Å². The summed E-state index contributed by atoms with van der Waals surface area (Å²) in [5.74, 6) is 0.488. The zero-order chi connectivity index (χ0) is 23.5. The number of unbranched alkanes of at least 4 members (excludes halogenated alkanes) is 1. The summed E-state index contributed by atoms with van der Waals surface area (Å²) in [6, 6.07) is 24.1. The van der Waals surface area contributed by atoms with Crippen LogP contribution in [0.5, 0.6) is 5.75 Å². The maximum absolute atomic E-state index is 12.5. The van der Waals surface area contributed by atoms with Gasteiger partial charge in [0.1, 0.15) is 5.75 Å². The van der Waals surface area contributed by atoms with E-state index < -0.39 is 0 Å². The van der Waals surface area contributed by atoms with E-state index in [9.17, 15) is 9.59 Å². The maximum atomic E-state index is 12.5. The van der Waals surface area contributed by atoms with Crippen molar-refractivity contribution >= 4 is 23.2 Å². The van der Waals surface area contributed by atoms with Crippen LogP contribution in [0.4, 0.5) is 11.4 Å². The van der Waals surface area contributed by atoms with Crippen molar-refractivity contribution in [3.63, 3.8) is 0 Å². The van der Waals surface area contributed by atoms with Gasteiger partial charge in [-0.05, 0) is 67.4 Å². The molecule has 3 rings (SSSR count). The molecule has 0 aliphatic carbocycles. The number of hydrogen-bond donors (Lipinski definition) is 3. The largest absolute Gasteiger partial charge is 0.494 e. The zero-order valence-electron chi connectivity index (χ0n) is 19.1. The number of rotatable bonds is 11. The molecular formula is C27H31N3O3. The van der Waals surface area contributed by atoms with E-state index in [4.69, 9.17) is 4.74 Å². The lowest BCUT2D eigenvalue weighted by molar-refractivity contribution is -0.114. The second kappa shape index (κ2) is 12.3. The van der Waals surface area contributed by atoms with Crippen LogP contribution in [0.25, 0.3) is 0 Å². The van der Waals surface area contributed by atoms with Crippen molar-refractivity contribution in [2.75, 3.05) is 23.8 Å². The Morgan fingerprint density at radius 1 is 0.879 bits per heavy atom. The number of carbonyl (C=O) groups excluding carboxylic acids is 2. The quantitative estimate of drug-likeness (QED) is 0.345. The maximum Gasteiger partial charge on any atom is 0.251 e. The Balaban J connectivity index is 1.44. The third kappa shape index (κ3) is 7.68. The highest BCUT2D eigenvalue weighted by Crippen LogP contribution is 2.17. The average molecular weight is 446 g/mol. The predicted molar refractivity (Wildman–Crippen MR) is 133 cm³/mol. The van der Waals surface area contributed by atoms with E-state index >= 15 is 0 Å². The van der Waals surface area contributed by atoms with Crippen LogP contribution < -0.4 is 20.7 Å². The number of anilines is 2. The van der Waals surface area contributed by atoms with Gasteiger partial charge in [0.2, 0.25) is 5.91 Å². The molecule has 3 aromatic carbocycles. The Labute approximate surface area is 195 Å². The van der Waals surface area contributed by atoms with Crippen LogP contribution in [0.3, 0.4) is 0 Å². The summed E-state index contributed by atoms with van der Waals surface area (Å²) >= 11 is 0. The molecule has 0 bridgehead atoms. The molecule has 0 aliphatic rings. The first-order valence-corrected chi connectivity index (χ1v) is 11.3. The molecule has 0 aliphatic heterocycles. The lowest BCUT2D eigenvalue weighted by Gasteiger charge is -2.14. The van der Waals surface area contributed by atoms with Crippen molar-refractivity contribution in [3.05, 3.63) is 90.0 Å². The number of nitrogens with one attached hydrogen (secondary N) is 3. The van der Waals surface area contributed by atoms with E-state index in [0.717, 1.165) is 29.8 Å². The highest BCUT2D eigenvalue weighted by Gasteiger charge is 2.11. The molecule has 172 valence electrons. The Bertz CT molecular complexity index is 1020. The van der Waals surface area contributed by atoms with Crippen molar-refractivity contribution in [1.82, 2.24) is 5.32 Å². The number of ether oxygens (including phenoxy) is 1. The van der Waals surface area contributed by atoms with Gasteiger partial charge in [-0.2, -0.15) is 0 Å². The predicted octanol–water partition coefficient (Wildman–Crippen LogP) is 5.41. The standard InChI is InChI=1S/C27H31N3O3/c1-3-4-18-33-25-16-14-23(15-17-25)28-19-26(31)30-24-12-10-22(11-13-24)27(32)29-20(2)21-8-6-5-7-9-21/h5-17,20,28H,3-4,18-19H2,1-2H3,(H,29,32)(H,30,31). The Hall–Kier alpha value is -3.80. The van der Waals surface area contributed by atoms with Gasteiger partial charge < -0.3 is 20.7 Å². The molecule has 0 spiro atoms. The van der Waals surface area contributed by atoms with E-state index in [1.807, 2.05) is 61.5 Å². The van der Waals surface area contributed by atoms with Crippen molar-refractivity contribution in [3.8, 4) is 5.75 Å². The molecule has 0 fully saturated rings. The van der Waals surface area contributed by atoms with Crippen LogP contribution in [0.1, 0.15) is 48.7 Å². The second-order valence-electron chi connectivity index (χ2n) is 7.81. The molecule has 0 heterocycles. The molecule has 3 N–H and O–H groups in total. The van der Waals surface area contributed by atoms with Crippen LogP contribution >= 0.6 is 0 Å². The van der Waals surface area contributed by atoms with Crippen molar-refractivity contribution in [2.24, 2.45) is 0 Å². The monoisotopic (exact) mass is 445 g/mol. The molecule has 6 heteroatoms. The zero-order valence-corrected chi connectivity index (χ0v) is 19.1. The molecule has 1 unspecified atom stereocenters. The summed E-state index contributed by atoms with van der Waals surface area (Å²) in [5.41, 5.74) is 3.05. The first-order valence-electron chi connectivity index (χ1n) is 11.3. The van der Waals surface area contributed by atoms with E-state index in [0.29, 0.717) is 17.9 Å². The smallest absolute Gasteiger partial charge is 0.251 e. The van der Waals surface area contributed by atoms with Crippen molar-refractivity contribution < 1.29 is 14.3 Å². The topological polar surface area (TPSA) is 79.5 Å². The van der Waals surface area contributed by atoms with Gasteiger partial charge in [-0.25, -0.2) is 0 Å².